The lowest BCUT2D eigenvalue weighted by atomic mass is 9.59. The number of hydrogen-bond donors (Lipinski definition) is 1. The highest BCUT2D eigenvalue weighted by atomic mass is 15.2. The van der Waals surface area contributed by atoms with E-state index in [1.54, 1.807) is 0 Å². The van der Waals surface area contributed by atoms with Crippen LogP contribution >= 0.6 is 0 Å². The molecule has 3 fully saturated rings. The summed E-state index contributed by atoms with van der Waals surface area (Å²) in [6.45, 7) is 5.83. The maximum atomic E-state index is 6.15. The van der Waals surface area contributed by atoms with E-state index in [9.17, 15) is 0 Å². The molecule has 1 aromatic rings. The second-order valence-corrected chi connectivity index (χ2v) is 5.44. The number of benzene rings is 1. The van der Waals surface area contributed by atoms with Crippen molar-refractivity contribution in [3.8, 4) is 0 Å². The molecule has 0 aromatic heterocycles. The zero-order valence-corrected chi connectivity index (χ0v) is 9.84. The molecule has 16 heavy (non-hydrogen) atoms. The minimum Gasteiger partial charge on any atom is -0.327 e. The fraction of sp³-hybridized carbons (Fsp3) is 0.571. The Balaban J connectivity index is 1.63. The summed E-state index contributed by atoms with van der Waals surface area (Å²) in [5.74, 6) is 2.33. The van der Waals surface area contributed by atoms with E-state index in [0.717, 1.165) is 24.3 Å². The van der Waals surface area contributed by atoms with Gasteiger partial charge in [-0.3, -0.25) is 4.90 Å². The summed E-state index contributed by atoms with van der Waals surface area (Å²) in [6, 6.07) is 11.2. The van der Waals surface area contributed by atoms with Crippen molar-refractivity contribution in [2.75, 3.05) is 13.1 Å². The molecule has 3 aliphatic rings. The molecule has 4 rings (SSSR count). The average Bonchev–Trinajstić information content (AvgIpc) is 2.33. The van der Waals surface area contributed by atoms with Crippen LogP contribution in [0, 0.1) is 17.8 Å². The van der Waals surface area contributed by atoms with Crippen molar-refractivity contribution in [1.29, 1.82) is 0 Å². The van der Waals surface area contributed by atoms with Gasteiger partial charge in [0, 0.05) is 25.7 Å². The monoisotopic (exact) mass is 216 g/mol. The van der Waals surface area contributed by atoms with Gasteiger partial charge in [-0.05, 0) is 23.3 Å². The minimum atomic E-state index is 0.474. The van der Waals surface area contributed by atoms with E-state index in [1.807, 2.05) is 0 Å². The zero-order chi connectivity index (χ0) is 11.1. The minimum absolute atomic E-state index is 0.474. The quantitative estimate of drug-likeness (QED) is 0.815. The first kappa shape index (κ1) is 10.3. The molecule has 2 heterocycles. The molecule has 0 spiro atoms. The third-order valence-electron chi connectivity index (χ3n) is 4.53. The van der Waals surface area contributed by atoms with Crippen LogP contribution in [0.25, 0.3) is 0 Å². The highest BCUT2D eigenvalue weighted by Crippen LogP contribution is 2.44. The predicted molar refractivity (Wildman–Crippen MR) is 65.8 cm³/mol. The van der Waals surface area contributed by atoms with Crippen LogP contribution in [0.5, 0.6) is 0 Å². The second kappa shape index (κ2) is 3.86. The Hall–Kier alpha value is -0.860. The molecule has 2 bridgehead atoms. The number of nitrogens with two attached hydrogens (primary N) is 1. The fourth-order valence-corrected chi connectivity index (χ4v) is 3.41. The van der Waals surface area contributed by atoms with Gasteiger partial charge in [-0.15, -0.1) is 0 Å². The molecule has 2 aliphatic heterocycles. The summed E-state index contributed by atoms with van der Waals surface area (Å²) in [6.07, 6.45) is 0. The van der Waals surface area contributed by atoms with Crippen molar-refractivity contribution in [1.82, 2.24) is 4.90 Å². The Bertz CT molecular complexity index is 338. The van der Waals surface area contributed by atoms with E-state index in [-0.39, 0.29) is 0 Å². The number of nitrogens with zero attached hydrogens (tertiary/aromatic N) is 1. The van der Waals surface area contributed by atoms with Gasteiger partial charge in [0.05, 0.1) is 0 Å². The Labute approximate surface area is 97.4 Å². The van der Waals surface area contributed by atoms with Gasteiger partial charge in [-0.1, -0.05) is 37.3 Å². The van der Waals surface area contributed by atoms with E-state index in [4.69, 9.17) is 5.73 Å². The third kappa shape index (κ3) is 1.57. The van der Waals surface area contributed by atoms with Crippen LogP contribution in [0.4, 0.5) is 0 Å². The first-order valence-electron chi connectivity index (χ1n) is 6.27. The maximum absolute atomic E-state index is 6.15. The topological polar surface area (TPSA) is 29.3 Å². The molecule has 2 nitrogen and oxygen atoms in total. The summed E-state index contributed by atoms with van der Waals surface area (Å²) in [5, 5.41) is 0. The summed E-state index contributed by atoms with van der Waals surface area (Å²) >= 11 is 0. The van der Waals surface area contributed by atoms with Gasteiger partial charge in [0.1, 0.15) is 0 Å². The van der Waals surface area contributed by atoms with Gasteiger partial charge < -0.3 is 5.73 Å². The van der Waals surface area contributed by atoms with Crippen LogP contribution in [0.2, 0.25) is 0 Å². The molecule has 2 N–H and O–H groups in total. The molecule has 2 atom stereocenters. The lowest BCUT2D eigenvalue weighted by Crippen LogP contribution is -2.66. The number of piperidine rings is 2. The average molecular weight is 216 g/mol. The first-order chi connectivity index (χ1) is 7.75. The van der Waals surface area contributed by atoms with Crippen LogP contribution in [0.3, 0.4) is 0 Å². The predicted octanol–water partition coefficient (Wildman–Crippen LogP) is 1.71. The van der Waals surface area contributed by atoms with E-state index in [0.29, 0.717) is 6.04 Å². The van der Waals surface area contributed by atoms with Crippen molar-refractivity contribution in [3.63, 3.8) is 0 Å². The molecule has 2 saturated heterocycles. The van der Waals surface area contributed by atoms with Crippen molar-refractivity contribution >= 4 is 0 Å². The van der Waals surface area contributed by atoms with Crippen molar-refractivity contribution < 1.29 is 0 Å². The molecule has 1 saturated carbocycles. The van der Waals surface area contributed by atoms with Gasteiger partial charge in [0.25, 0.3) is 0 Å². The fourth-order valence-electron chi connectivity index (χ4n) is 3.41. The van der Waals surface area contributed by atoms with E-state index in [1.165, 1.54) is 18.7 Å². The molecule has 0 amide bonds. The Morgan fingerprint density at radius 3 is 2.38 bits per heavy atom. The summed E-state index contributed by atoms with van der Waals surface area (Å²) in [5.41, 5.74) is 7.57. The van der Waals surface area contributed by atoms with Gasteiger partial charge in [-0.25, -0.2) is 0 Å². The van der Waals surface area contributed by atoms with E-state index >= 15 is 0 Å². The summed E-state index contributed by atoms with van der Waals surface area (Å²) in [4.78, 5) is 2.56. The first-order valence-corrected chi connectivity index (χ1v) is 6.27. The lowest BCUT2D eigenvalue weighted by molar-refractivity contribution is -0.0594. The van der Waals surface area contributed by atoms with Crippen molar-refractivity contribution in [3.05, 3.63) is 35.9 Å². The SMILES string of the molecule is CC1C2CN(Cc3ccccc3)CC1C2N. The number of hydrogen-bond acceptors (Lipinski definition) is 2. The van der Waals surface area contributed by atoms with E-state index in [2.05, 4.69) is 42.2 Å². The third-order valence-corrected chi connectivity index (χ3v) is 4.53. The molecule has 1 aromatic carbocycles. The Morgan fingerprint density at radius 2 is 1.81 bits per heavy atom. The van der Waals surface area contributed by atoms with Crippen LogP contribution in [-0.4, -0.2) is 24.0 Å². The van der Waals surface area contributed by atoms with Crippen molar-refractivity contribution in [2.45, 2.75) is 19.5 Å². The number of fused-ring (bicyclic) bond motifs is 2. The zero-order valence-electron chi connectivity index (χ0n) is 9.84. The summed E-state index contributed by atoms with van der Waals surface area (Å²) in [7, 11) is 0. The Morgan fingerprint density at radius 1 is 1.19 bits per heavy atom. The molecule has 2 heteroatoms. The molecular weight excluding hydrogens is 196 g/mol. The smallest absolute Gasteiger partial charge is 0.0233 e. The molecule has 0 radical (unpaired) electrons. The van der Waals surface area contributed by atoms with Crippen LogP contribution in [-0.2, 0) is 6.54 Å². The van der Waals surface area contributed by atoms with Crippen LogP contribution in [0.15, 0.2) is 30.3 Å². The Kier molecular flexibility index (Phi) is 2.49. The van der Waals surface area contributed by atoms with Crippen molar-refractivity contribution in [2.24, 2.45) is 23.5 Å². The molecule has 86 valence electrons. The second-order valence-electron chi connectivity index (χ2n) is 5.44. The molecule has 1 aliphatic carbocycles. The normalized spacial score (nSPS) is 38.1. The lowest BCUT2D eigenvalue weighted by Gasteiger charge is -2.57. The van der Waals surface area contributed by atoms with E-state index < -0.39 is 0 Å². The summed E-state index contributed by atoms with van der Waals surface area (Å²) < 4.78 is 0. The van der Waals surface area contributed by atoms with Gasteiger partial charge in [0.2, 0.25) is 0 Å². The standard InChI is InChI=1S/C14H20N2/c1-10-12-8-16(9-13(10)14(12)15)7-11-5-3-2-4-6-11/h2-6,10,12-14H,7-9,15H2,1H3. The van der Waals surface area contributed by atoms with Gasteiger partial charge in [-0.2, -0.15) is 0 Å². The molecular formula is C14H20N2. The number of rotatable bonds is 2. The maximum Gasteiger partial charge on any atom is 0.0233 e. The van der Waals surface area contributed by atoms with Crippen LogP contribution < -0.4 is 5.73 Å². The van der Waals surface area contributed by atoms with Gasteiger partial charge >= 0.3 is 0 Å². The highest BCUT2D eigenvalue weighted by molar-refractivity contribution is 5.15. The van der Waals surface area contributed by atoms with Crippen LogP contribution in [0.1, 0.15) is 12.5 Å². The largest absolute Gasteiger partial charge is 0.327 e. The molecule has 2 unspecified atom stereocenters. The highest BCUT2D eigenvalue weighted by Gasteiger charge is 2.50. The van der Waals surface area contributed by atoms with Gasteiger partial charge in [0.15, 0.2) is 0 Å².